The van der Waals surface area contributed by atoms with Crippen LogP contribution in [0, 0.1) is 6.92 Å². The number of amides is 1. The van der Waals surface area contributed by atoms with E-state index in [4.69, 9.17) is 0 Å². The molecule has 1 heterocycles. The average molecular weight is 391 g/mol. The van der Waals surface area contributed by atoms with E-state index >= 15 is 0 Å². The second kappa shape index (κ2) is 9.43. The van der Waals surface area contributed by atoms with Gasteiger partial charge in [0.25, 0.3) is 0 Å². The molecule has 2 rings (SSSR count). The topological polar surface area (TPSA) is 104 Å². The van der Waals surface area contributed by atoms with E-state index in [2.05, 4.69) is 20.6 Å². The molecule has 0 aliphatic carbocycles. The first kappa shape index (κ1) is 20.8. The molecule has 1 aromatic carbocycles. The molecule has 27 heavy (non-hydrogen) atoms. The zero-order chi connectivity index (χ0) is 19.9. The van der Waals surface area contributed by atoms with Crippen LogP contribution in [-0.4, -0.2) is 48.2 Å². The number of nitrogens with zero attached hydrogens (tertiary/aromatic N) is 3. The van der Waals surface area contributed by atoms with Crippen LogP contribution in [0.15, 0.2) is 41.6 Å². The summed E-state index contributed by atoms with van der Waals surface area (Å²) in [7, 11) is -3.59. The van der Waals surface area contributed by atoms with Gasteiger partial charge in [-0.15, -0.1) is 0 Å². The third-order valence-corrected chi connectivity index (χ3v) is 6.19. The number of hydrogen-bond acceptors (Lipinski definition) is 6. The Bertz CT molecular complexity index is 868. The van der Waals surface area contributed by atoms with Crippen LogP contribution < -0.4 is 10.6 Å². The molecule has 0 aliphatic rings. The number of anilines is 2. The number of rotatable bonds is 9. The number of nitrogens with one attached hydrogen (secondary N) is 2. The van der Waals surface area contributed by atoms with Crippen LogP contribution in [0.2, 0.25) is 0 Å². The van der Waals surface area contributed by atoms with Crippen molar-refractivity contribution in [1.82, 2.24) is 14.3 Å². The van der Waals surface area contributed by atoms with E-state index in [1.165, 1.54) is 10.4 Å². The minimum absolute atomic E-state index is 0.199. The minimum Gasteiger partial charge on any atom is -0.354 e. The highest BCUT2D eigenvalue weighted by Gasteiger charge is 2.24. The Hall–Kier alpha value is -2.52. The zero-order valence-corrected chi connectivity index (χ0v) is 16.6. The maximum atomic E-state index is 12.8. The van der Waals surface area contributed by atoms with Gasteiger partial charge in [0.15, 0.2) is 0 Å². The first-order valence-electron chi connectivity index (χ1n) is 8.80. The van der Waals surface area contributed by atoms with E-state index < -0.39 is 10.0 Å². The quantitative estimate of drug-likeness (QED) is 0.679. The van der Waals surface area contributed by atoms with Gasteiger partial charge in [-0.05, 0) is 30.7 Å². The molecule has 2 N–H and O–H groups in total. The molecule has 0 unspecified atom stereocenters. The highest BCUT2D eigenvalue weighted by atomic mass is 32.2. The Morgan fingerprint density at radius 1 is 1.15 bits per heavy atom. The number of sulfonamides is 1. The molecule has 0 radical (unpaired) electrons. The van der Waals surface area contributed by atoms with Gasteiger partial charge in [0.1, 0.15) is 0 Å². The lowest BCUT2D eigenvalue weighted by molar-refractivity contribution is -0.115. The molecule has 146 valence electrons. The second-order valence-corrected chi connectivity index (χ2v) is 7.77. The molecule has 0 aliphatic heterocycles. The van der Waals surface area contributed by atoms with Crippen LogP contribution in [0.5, 0.6) is 0 Å². The Balaban J connectivity index is 2.03. The molecule has 9 heteroatoms. The lowest BCUT2D eigenvalue weighted by Crippen LogP contribution is -2.31. The van der Waals surface area contributed by atoms with Crippen LogP contribution in [0.1, 0.15) is 25.8 Å². The molecule has 0 atom stereocenters. The third-order valence-electron chi connectivity index (χ3n) is 4.00. The molecule has 1 aromatic heterocycles. The SMILES string of the molecule is CCN(CC)S(=O)(=O)c1cc(NC(=O)CCNc2ncccn2)ccc1C. The number of aromatic nitrogens is 2. The molecule has 0 saturated heterocycles. The molecule has 8 nitrogen and oxygen atoms in total. The Morgan fingerprint density at radius 3 is 2.44 bits per heavy atom. The Kier molecular flexibility index (Phi) is 7.26. The van der Waals surface area contributed by atoms with E-state index in [9.17, 15) is 13.2 Å². The van der Waals surface area contributed by atoms with Crippen molar-refractivity contribution in [2.45, 2.75) is 32.1 Å². The summed E-state index contributed by atoms with van der Waals surface area (Å²) in [6.45, 7) is 6.49. The summed E-state index contributed by atoms with van der Waals surface area (Å²) in [5.41, 5.74) is 1.09. The van der Waals surface area contributed by atoms with Crippen LogP contribution >= 0.6 is 0 Å². The molecule has 2 aromatic rings. The summed E-state index contributed by atoms with van der Waals surface area (Å²) >= 11 is 0. The van der Waals surface area contributed by atoms with E-state index in [1.54, 1.807) is 51.4 Å². The summed E-state index contributed by atoms with van der Waals surface area (Å²) < 4.78 is 26.9. The largest absolute Gasteiger partial charge is 0.354 e. The van der Waals surface area contributed by atoms with Gasteiger partial charge >= 0.3 is 0 Å². The standard InChI is InChI=1S/C18H25N5O3S/c1-4-23(5-2)27(25,26)16-13-15(8-7-14(16)3)22-17(24)9-12-21-18-19-10-6-11-20-18/h6-8,10-11,13H,4-5,9,12H2,1-3H3,(H,22,24)(H,19,20,21). The van der Waals surface area contributed by atoms with Crippen molar-refractivity contribution in [3.05, 3.63) is 42.2 Å². The first-order chi connectivity index (χ1) is 12.9. The minimum atomic E-state index is -3.59. The number of hydrogen-bond donors (Lipinski definition) is 2. The molecule has 0 bridgehead atoms. The van der Waals surface area contributed by atoms with Crippen LogP contribution in [-0.2, 0) is 14.8 Å². The number of aryl methyl sites for hydroxylation is 1. The van der Waals surface area contributed by atoms with Gasteiger partial charge < -0.3 is 10.6 Å². The fraction of sp³-hybridized carbons (Fsp3) is 0.389. The maximum absolute atomic E-state index is 12.8. The van der Waals surface area contributed by atoms with Gasteiger partial charge in [0, 0.05) is 44.1 Å². The molecule has 0 spiro atoms. The van der Waals surface area contributed by atoms with E-state index in [-0.39, 0.29) is 17.2 Å². The lowest BCUT2D eigenvalue weighted by atomic mass is 10.2. The van der Waals surface area contributed by atoms with Crippen molar-refractivity contribution >= 4 is 27.6 Å². The van der Waals surface area contributed by atoms with Gasteiger partial charge in [-0.1, -0.05) is 19.9 Å². The van der Waals surface area contributed by atoms with Gasteiger partial charge in [-0.25, -0.2) is 18.4 Å². The maximum Gasteiger partial charge on any atom is 0.243 e. The van der Waals surface area contributed by atoms with E-state index in [1.807, 2.05) is 0 Å². The van der Waals surface area contributed by atoms with E-state index in [0.29, 0.717) is 36.8 Å². The van der Waals surface area contributed by atoms with Crippen molar-refractivity contribution in [3.63, 3.8) is 0 Å². The normalized spacial score (nSPS) is 11.4. The molecule has 1 amide bonds. The predicted octanol–water partition coefficient (Wildman–Crippen LogP) is 2.26. The molecule has 0 fully saturated rings. The van der Waals surface area contributed by atoms with Gasteiger partial charge in [0.2, 0.25) is 21.9 Å². The van der Waals surface area contributed by atoms with Crippen LogP contribution in [0.3, 0.4) is 0 Å². The summed E-state index contributed by atoms with van der Waals surface area (Å²) in [6, 6.07) is 6.61. The van der Waals surface area contributed by atoms with Crippen LogP contribution in [0.25, 0.3) is 0 Å². The second-order valence-electron chi connectivity index (χ2n) is 5.87. The first-order valence-corrected chi connectivity index (χ1v) is 10.2. The number of benzene rings is 1. The smallest absolute Gasteiger partial charge is 0.243 e. The Morgan fingerprint density at radius 2 is 1.81 bits per heavy atom. The average Bonchev–Trinajstić information content (AvgIpc) is 2.65. The summed E-state index contributed by atoms with van der Waals surface area (Å²) in [5.74, 6) is 0.224. The fourth-order valence-electron chi connectivity index (χ4n) is 2.56. The van der Waals surface area contributed by atoms with Crippen molar-refractivity contribution in [2.24, 2.45) is 0 Å². The third kappa shape index (κ3) is 5.48. The van der Waals surface area contributed by atoms with Gasteiger partial charge in [-0.3, -0.25) is 4.79 Å². The summed E-state index contributed by atoms with van der Waals surface area (Å²) in [5, 5.41) is 5.69. The van der Waals surface area contributed by atoms with Crippen molar-refractivity contribution in [1.29, 1.82) is 0 Å². The van der Waals surface area contributed by atoms with Crippen molar-refractivity contribution in [3.8, 4) is 0 Å². The summed E-state index contributed by atoms with van der Waals surface area (Å²) in [4.78, 5) is 20.4. The monoisotopic (exact) mass is 391 g/mol. The zero-order valence-electron chi connectivity index (χ0n) is 15.8. The highest BCUT2D eigenvalue weighted by Crippen LogP contribution is 2.23. The predicted molar refractivity (Wildman–Crippen MR) is 105 cm³/mol. The lowest BCUT2D eigenvalue weighted by Gasteiger charge is -2.20. The number of carbonyl (C=O) groups excluding carboxylic acids is 1. The van der Waals surface area contributed by atoms with Crippen molar-refractivity contribution < 1.29 is 13.2 Å². The van der Waals surface area contributed by atoms with Gasteiger partial charge in [-0.2, -0.15) is 4.31 Å². The van der Waals surface area contributed by atoms with Gasteiger partial charge in [0.05, 0.1) is 4.90 Å². The Labute approximate surface area is 160 Å². The summed E-state index contributed by atoms with van der Waals surface area (Å²) in [6.07, 6.45) is 3.42. The van der Waals surface area contributed by atoms with Crippen molar-refractivity contribution in [2.75, 3.05) is 30.3 Å². The molecular formula is C18H25N5O3S. The van der Waals surface area contributed by atoms with Crippen LogP contribution in [0.4, 0.5) is 11.6 Å². The highest BCUT2D eigenvalue weighted by molar-refractivity contribution is 7.89. The molecule has 0 saturated carbocycles. The van der Waals surface area contributed by atoms with E-state index in [0.717, 1.165) is 0 Å². The fourth-order valence-corrected chi connectivity index (χ4v) is 4.27. The number of carbonyl (C=O) groups is 1. The molecular weight excluding hydrogens is 366 g/mol.